The third-order valence-corrected chi connectivity index (χ3v) is 5.91. The molecule has 3 rings (SSSR count). The Morgan fingerprint density at radius 1 is 1.46 bits per heavy atom. The number of methoxy groups -OCH3 is 1. The maximum Gasteiger partial charge on any atom is 0.348 e. The molecule has 28 heavy (non-hydrogen) atoms. The average Bonchev–Trinajstić information content (AvgIpc) is 3.25. The number of halogens is 1. The van der Waals surface area contributed by atoms with E-state index in [0.717, 1.165) is 2.88 Å². The zero-order valence-corrected chi connectivity index (χ0v) is 18.0. The Morgan fingerprint density at radius 3 is 2.79 bits per heavy atom. The first-order chi connectivity index (χ1) is 13.4. The van der Waals surface area contributed by atoms with E-state index < -0.39 is 16.8 Å². The summed E-state index contributed by atoms with van der Waals surface area (Å²) in [5, 5.41) is 13.8. The summed E-state index contributed by atoms with van der Waals surface area (Å²) in [6.45, 7) is 0.289. The lowest BCUT2D eigenvalue weighted by atomic mass is 10.3. The van der Waals surface area contributed by atoms with Crippen molar-refractivity contribution in [3.05, 3.63) is 38.6 Å². The number of aromatic nitrogens is 1. The first kappa shape index (κ1) is 20.8. The van der Waals surface area contributed by atoms with Gasteiger partial charge >= 0.3 is 5.97 Å². The molecular weight excluding hydrogens is 497 g/mol. The molecule has 1 fully saturated rings. The quantitative estimate of drug-likeness (QED) is 0.184. The Balaban J connectivity index is 1.65. The number of carbonyl (C=O) groups is 1. The molecular formula is C18H18IN3O5S. The molecule has 0 radical (unpaired) electrons. The molecule has 0 amide bonds. The molecule has 1 aliphatic rings. The Kier molecular flexibility index (Phi) is 6.73. The van der Waals surface area contributed by atoms with Crippen LogP contribution in [0.4, 0.5) is 5.13 Å². The van der Waals surface area contributed by atoms with E-state index in [1.807, 2.05) is 0 Å². The van der Waals surface area contributed by atoms with Gasteiger partial charge in [0.2, 0.25) is 0 Å². The molecule has 0 N–H and O–H groups in total. The number of hydrogen-bond donors (Lipinski definition) is 0. The van der Waals surface area contributed by atoms with Crippen LogP contribution in [0.25, 0.3) is 0 Å². The Morgan fingerprint density at radius 2 is 2.18 bits per heavy atom. The molecule has 1 aromatic heterocycles. The summed E-state index contributed by atoms with van der Waals surface area (Å²) in [6, 6.07) is 6.81. The standard InChI is InChI=1S/C18H18IN3O5S/c1-3-8-21-10-16(22(24,12-21)18-20-9-15(19)28-18)27-17(23)11-26-14-6-4-13(25-2)5-7-14/h1,4-7,9,16H,8,10-12H2,2H3. The van der Waals surface area contributed by atoms with Crippen LogP contribution in [0, 0.1) is 20.4 Å². The number of nitrogens with zero attached hydrogens (tertiary/aromatic N) is 3. The lowest BCUT2D eigenvalue weighted by molar-refractivity contribution is -0.155. The first-order valence-electron chi connectivity index (χ1n) is 8.27. The van der Waals surface area contributed by atoms with Crippen LogP contribution in [0.3, 0.4) is 0 Å². The molecule has 2 aromatic rings. The van der Waals surface area contributed by atoms with Crippen LogP contribution in [0.1, 0.15) is 0 Å². The number of quaternary nitrogens is 1. The van der Waals surface area contributed by atoms with Gasteiger partial charge in [-0.3, -0.25) is 4.65 Å². The number of esters is 1. The SMILES string of the molecule is C#CCN1CC(OC(=O)COc2ccc(OC)cc2)[N+]([O-])(c2ncc(I)s2)C1. The van der Waals surface area contributed by atoms with Crippen molar-refractivity contribution in [3.63, 3.8) is 0 Å². The molecule has 0 aliphatic carbocycles. The van der Waals surface area contributed by atoms with E-state index in [2.05, 4.69) is 33.5 Å². The van der Waals surface area contributed by atoms with Crippen molar-refractivity contribution in [2.24, 2.45) is 0 Å². The van der Waals surface area contributed by atoms with Crippen LogP contribution in [0.2, 0.25) is 0 Å². The summed E-state index contributed by atoms with van der Waals surface area (Å²) in [4.78, 5) is 18.2. The third kappa shape index (κ3) is 4.73. The molecule has 1 saturated heterocycles. The molecule has 148 valence electrons. The number of hydrogen-bond acceptors (Lipinski definition) is 8. The van der Waals surface area contributed by atoms with Crippen molar-refractivity contribution >= 4 is 45.0 Å². The fourth-order valence-electron chi connectivity index (χ4n) is 2.77. The van der Waals surface area contributed by atoms with Gasteiger partial charge in [-0.15, -0.1) is 6.42 Å². The van der Waals surface area contributed by atoms with Crippen molar-refractivity contribution in [3.8, 4) is 23.8 Å². The topological polar surface area (TPSA) is 84.0 Å². The van der Waals surface area contributed by atoms with Crippen LogP contribution in [-0.4, -0.2) is 55.6 Å². The number of terminal acetylenes is 1. The average molecular weight is 515 g/mol. The minimum absolute atomic E-state index is 0.0745. The van der Waals surface area contributed by atoms with Crippen molar-refractivity contribution in [1.82, 2.24) is 14.5 Å². The summed E-state index contributed by atoms with van der Waals surface area (Å²) < 4.78 is 16.0. The number of rotatable bonds is 7. The number of carbonyl (C=O) groups excluding carboxylic acids is 1. The van der Waals surface area contributed by atoms with Gasteiger partial charge < -0.3 is 19.4 Å². The molecule has 8 nitrogen and oxygen atoms in total. The first-order valence-corrected chi connectivity index (χ1v) is 10.2. The normalized spacial score (nSPS) is 21.9. The fraction of sp³-hybridized carbons (Fsp3) is 0.333. The summed E-state index contributed by atoms with van der Waals surface area (Å²) in [6.07, 6.45) is 6.03. The van der Waals surface area contributed by atoms with E-state index in [-0.39, 0.29) is 19.8 Å². The Bertz CT molecular complexity index is 869. The molecule has 0 spiro atoms. The lowest BCUT2D eigenvalue weighted by Gasteiger charge is -2.38. The van der Waals surface area contributed by atoms with Crippen LogP contribution in [-0.2, 0) is 9.53 Å². The van der Waals surface area contributed by atoms with Crippen molar-refractivity contribution in [2.75, 3.05) is 33.5 Å². The van der Waals surface area contributed by atoms with Gasteiger partial charge in [0.1, 0.15) is 18.2 Å². The number of hydroxylamine groups is 2. The summed E-state index contributed by atoms with van der Waals surface area (Å²) in [7, 11) is 1.56. The largest absolute Gasteiger partial charge is 0.622 e. The number of thiazole rings is 1. The van der Waals surface area contributed by atoms with E-state index in [9.17, 15) is 10.0 Å². The van der Waals surface area contributed by atoms with Crippen molar-refractivity contribution in [2.45, 2.75) is 6.23 Å². The van der Waals surface area contributed by atoms with Gasteiger partial charge in [-0.2, -0.15) is 4.98 Å². The Hall–Kier alpha value is -1.91. The maximum absolute atomic E-state index is 13.5. The van der Waals surface area contributed by atoms with E-state index in [0.29, 0.717) is 23.2 Å². The highest BCUT2D eigenvalue weighted by Gasteiger charge is 2.45. The molecule has 10 heteroatoms. The number of ether oxygens (including phenoxy) is 3. The van der Waals surface area contributed by atoms with E-state index in [4.69, 9.17) is 20.6 Å². The predicted octanol–water partition coefficient (Wildman–Crippen LogP) is 2.42. The van der Waals surface area contributed by atoms with Gasteiger partial charge in [0.25, 0.3) is 11.4 Å². The van der Waals surface area contributed by atoms with Crippen LogP contribution in [0.5, 0.6) is 11.5 Å². The van der Waals surface area contributed by atoms with Gasteiger partial charge in [0.15, 0.2) is 6.61 Å². The highest BCUT2D eigenvalue weighted by Crippen LogP contribution is 2.35. The molecule has 2 unspecified atom stereocenters. The third-order valence-electron chi connectivity index (χ3n) is 4.08. The fourth-order valence-corrected chi connectivity index (χ4v) is 4.21. The number of benzene rings is 1. The van der Waals surface area contributed by atoms with E-state index in [1.165, 1.54) is 11.3 Å². The van der Waals surface area contributed by atoms with Gasteiger partial charge in [0, 0.05) is 0 Å². The summed E-state index contributed by atoms with van der Waals surface area (Å²) >= 11 is 3.37. The van der Waals surface area contributed by atoms with Crippen LogP contribution >= 0.6 is 33.9 Å². The summed E-state index contributed by atoms with van der Waals surface area (Å²) in [5.74, 6) is 3.06. The minimum atomic E-state index is -0.956. The maximum atomic E-state index is 13.5. The van der Waals surface area contributed by atoms with E-state index in [1.54, 1.807) is 42.5 Å². The van der Waals surface area contributed by atoms with Gasteiger partial charge in [-0.1, -0.05) is 5.92 Å². The van der Waals surface area contributed by atoms with Gasteiger partial charge in [-0.05, 0) is 58.2 Å². The minimum Gasteiger partial charge on any atom is -0.622 e. The second-order valence-electron chi connectivity index (χ2n) is 6.01. The highest BCUT2D eigenvalue weighted by molar-refractivity contribution is 14.1. The zero-order chi connectivity index (χ0) is 20.1. The second-order valence-corrected chi connectivity index (χ2v) is 8.91. The molecule has 1 aliphatic heterocycles. The van der Waals surface area contributed by atoms with Gasteiger partial charge in [-0.25, -0.2) is 9.69 Å². The highest BCUT2D eigenvalue weighted by atomic mass is 127. The molecule has 1 aromatic carbocycles. The monoisotopic (exact) mass is 515 g/mol. The Labute approximate surface area is 180 Å². The molecule has 0 saturated carbocycles. The molecule has 2 atom stereocenters. The lowest BCUT2D eigenvalue weighted by Crippen LogP contribution is -2.51. The van der Waals surface area contributed by atoms with Crippen LogP contribution in [0.15, 0.2) is 30.5 Å². The van der Waals surface area contributed by atoms with Gasteiger partial charge in [0.05, 0.1) is 29.3 Å². The smallest absolute Gasteiger partial charge is 0.348 e. The molecule has 0 bridgehead atoms. The second kappa shape index (κ2) is 9.06. The van der Waals surface area contributed by atoms with E-state index >= 15 is 0 Å². The van der Waals surface area contributed by atoms with Crippen molar-refractivity contribution < 1.29 is 19.0 Å². The molecule has 2 heterocycles. The zero-order valence-electron chi connectivity index (χ0n) is 15.0. The van der Waals surface area contributed by atoms with Crippen LogP contribution < -0.4 is 14.1 Å². The summed E-state index contributed by atoms with van der Waals surface area (Å²) in [5.41, 5.74) is 0. The predicted molar refractivity (Wildman–Crippen MR) is 114 cm³/mol. The van der Waals surface area contributed by atoms with Crippen molar-refractivity contribution in [1.29, 1.82) is 0 Å².